The highest BCUT2D eigenvalue weighted by atomic mass is 32.2. The number of pyridine rings is 2. The van der Waals surface area contributed by atoms with Crippen LogP contribution in [0.3, 0.4) is 0 Å². The van der Waals surface area contributed by atoms with Crippen LogP contribution in [0, 0.1) is 24.2 Å². The average Bonchev–Trinajstić information content (AvgIpc) is 3.54. The molecule has 0 saturated heterocycles. The minimum atomic E-state index is -0.823. The number of ether oxygens (including phenoxy) is 2. The number of terminal acetylenes is 1. The Morgan fingerprint density at radius 3 is 2.97 bits per heavy atom. The van der Waals surface area contributed by atoms with Crippen molar-refractivity contribution in [2.24, 2.45) is 16.6 Å². The minimum absolute atomic E-state index is 0.103. The van der Waals surface area contributed by atoms with Crippen molar-refractivity contribution in [1.82, 2.24) is 19.9 Å². The lowest BCUT2D eigenvalue weighted by Crippen LogP contribution is -2.38. The molecule has 0 spiro atoms. The quantitative estimate of drug-likeness (QED) is 0.408. The third-order valence-electron chi connectivity index (χ3n) is 6.37. The van der Waals surface area contributed by atoms with Crippen molar-refractivity contribution >= 4 is 28.0 Å². The summed E-state index contributed by atoms with van der Waals surface area (Å²) in [4.78, 5) is 22.1. The van der Waals surface area contributed by atoms with E-state index in [1.165, 1.54) is 24.2 Å². The molecule has 1 aliphatic carbocycles. The molecule has 5 rings (SSSR count). The highest BCUT2D eigenvalue weighted by molar-refractivity contribution is 8.15. The zero-order valence-corrected chi connectivity index (χ0v) is 19.6. The number of thioether (sulfide) groups is 1. The van der Waals surface area contributed by atoms with E-state index >= 15 is 4.39 Å². The van der Waals surface area contributed by atoms with Crippen LogP contribution < -0.4 is 10.5 Å². The molecule has 10 heteroatoms. The number of amidine groups is 1. The van der Waals surface area contributed by atoms with Crippen LogP contribution in [-0.2, 0) is 16.7 Å². The van der Waals surface area contributed by atoms with Crippen molar-refractivity contribution in [3.8, 4) is 18.2 Å². The average molecular weight is 479 g/mol. The largest absolute Gasteiger partial charge is 0.463 e. The van der Waals surface area contributed by atoms with Crippen LogP contribution in [0.1, 0.15) is 30.2 Å². The molecule has 174 valence electrons. The van der Waals surface area contributed by atoms with E-state index in [1.54, 1.807) is 19.4 Å². The molecule has 0 aromatic carbocycles. The maximum absolute atomic E-state index is 15.0. The van der Waals surface area contributed by atoms with Crippen molar-refractivity contribution in [2.45, 2.75) is 30.1 Å². The molecule has 0 unspecified atom stereocenters. The summed E-state index contributed by atoms with van der Waals surface area (Å²) in [7, 11) is 1.66. The van der Waals surface area contributed by atoms with Crippen molar-refractivity contribution in [3.63, 3.8) is 0 Å². The highest BCUT2D eigenvalue weighted by Gasteiger charge is 2.66. The molecule has 3 aromatic rings. The number of aliphatic imine (C=N–C) groups is 1. The first kappa shape index (κ1) is 22.5. The summed E-state index contributed by atoms with van der Waals surface area (Å²) in [5.74, 6) is 2.30. The van der Waals surface area contributed by atoms with Gasteiger partial charge in [0, 0.05) is 37.4 Å². The number of halogens is 1. The maximum Gasteiger partial charge on any atom is 0.233 e. The fourth-order valence-electron chi connectivity index (χ4n) is 4.76. The van der Waals surface area contributed by atoms with Crippen LogP contribution in [0.4, 0.5) is 4.39 Å². The molecular formula is C24H23FN6O2S. The van der Waals surface area contributed by atoms with E-state index in [1.807, 2.05) is 13.0 Å². The molecule has 1 fully saturated rings. The summed E-state index contributed by atoms with van der Waals surface area (Å²) in [5, 5.41) is 0.437. The Bertz CT molecular complexity index is 1340. The topological polar surface area (TPSA) is 108 Å². The molecule has 4 heterocycles. The van der Waals surface area contributed by atoms with Crippen molar-refractivity contribution in [3.05, 3.63) is 53.5 Å². The third kappa shape index (κ3) is 3.85. The number of nitrogens with zero attached hydrogens (tertiary/aromatic N) is 5. The molecule has 0 bridgehead atoms. The van der Waals surface area contributed by atoms with E-state index in [0.29, 0.717) is 46.4 Å². The fraction of sp³-hybridized carbons (Fsp3) is 0.375. The molecule has 34 heavy (non-hydrogen) atoms. The first-order valence-corrected chi connectivity index (χ1v) is 11.6. The van der Waals surface area contributed by atoms with Crippen LogP contribution in [0.25, 0.3) is 11.0 Å². The molecule has 1 aliphatic heterocycles. The van der Waals surface area contributed by atoms with Gasteiger partial charge in [0.05, 0.1) is 34.3 Å². The van der Waals surface area contributed by atoms with Gasteiger partial charge in [-0.1, -0.05) is 17.7 Å². The summed E-state index contributed by atoms with van der Waals surface area (Å²) < 4.78 is 25.7. The fourth-order valence-corrected chi connectivity index (χ4v) is 6.21. The van der Waals surface area contributed by atoms with E-state index in [2.05, 4.69) is 30.8 Å². The number of aromatic nitrogens is 4. The summed E-state index contributed by atoms with van der Waals surface area (Å²) >= 11 is 1.52. The van der Waals surface area contributed by atoms with Crippen LogP contribution in [0.2, 0.25) is 0 Å². The first-order chi connectivity index (χ1) is 16.4. The van der Waals surface area contributed by atoms with Crippen LogP contribution in [-0.4, -0.2) is 50.2 Å². The molecule has 0 radical (unpaired) electrons. The number of rotatable bonds is 7. The van der Waals surface area contributed by atoms with Crippen LogP contribution in [0.5, 0.6) is 5.88 Å². The molecule has 2 aliphatic rings. The smallest absolute Gasteiger partial charge is 0.233 e. The Labute approximate surface area is 200 Å². The van der Waals surface area contributed by atoms with Crippen LogP contribution in [0.15, 0.2) is 35.7 Å². The van der Waals surface area contributed by atoms with Crippen LogP contribution >= 0.6 is 11.8 Å². The lowest BCUT2D eigenvalue weighted by molar-refractivity contribution is 0.184. The minimum Gasteiger partial charge on any atom is -0.463 e. The van der Waals surface area contributed by atoms with E-state index in [9.17, 15) is 0 Å². The Kier molecular flexibility index (Phi) is 5.62. The number of fused-ring (bicyclic) bond motifs is 2. The predicted molar refractivity (Wildman–Crippen MR) is 128 cm³/mol. The maximum atomic E-state index is 15.0. The van der Waals surface area contributed by atoms with Gasteiger partial charge in [-0.25, -0.2) is 15.0 Å². The van der Waals surface area contributed by atoms with Gasteiger partial charge >= 0.3 is 0 Å². The Hall–Kier alpha value is -3.29. The van der Waals surface area contributed by atoms with Crippen molar-refractivity contribution in [2.75, 3.05) is 20.3 Å². The molecule has 8 nitrogen and oxygen atoms in total. The van der Waals surface area contributed by atoms with Crippen molar-refractivity contribution < 1.29 is 13.9 Å². The SMILES string of the molecule is C#CCOc1cnc2c(Cc3cnc(F)c([C@@]4(C)N=C(N)S[C@@]5(COC)C[C@H]54)c3)nccc2n1. The Morgan fingerprint density at radius 2 is 2.18 bits per heavy atom. The number of hydrogen-bond donors (Lipinski definition) is 1. The zero-order valence-electron chi connectivity index (χ0n) is 18.8. The van der Waals surface area contributed by atoms with Gasteiger partial charge in [0.15, 0.2) is 11.8 Å². The highest BCUT2D eigenvalue weighted by Crippen LogP contribution is 2.65. The summed E-state index contributed by atoms with van der Waals surface area (Å²) in [6.07, 6.45) is 11.2. The summed E-state index contributed by atoms with van der Waals surface area (Å²) in [6.45, 7) is 2.57. The Morgan fingerprint density at radius 1 is 1.32 bits per heavy atom. The first-order valence-electron chi connectivity index (χ1n) is 10.7. The number of nitrogens with two attached hydrogens (primary N) is 1. The molecule has 3 atom stereocenters. The van der Waals surface area contributed by atoms with Gasteiger partial charge in [-0.15, -0.1) is 6.42 Å². The van der Waals surface area contributed by atoms with E-state index in [4.69, 9.17) is 21.6 Å². The van der Waals surface area contributed by atoms with E-state index < -0.39 is 11.5 Å². The van der Waals surface area contributed by atoms with Gasteiger partial charge in [-0.05, 0) is 31.0 Å². The van der Waals surface area contributed by atoms with Gasteiger partial charge in [-0.3, -0.25) is 9.98 Å². The lowest BCUT2D eigenvalue weighted by atomic mass is 9.86. The van der Waals surface area contributed by atoms with Crippen molar-refractivity contribution in [1.29, 1.82) is 0 Å². The summed E-state index contributed by atoms with van der Waals surface area (Å²) in [5.41, 5.74) is 8.51. The predicted octanol–water partition coefficient (Wildman–Crippen LogP) is 2.84. The van der Waals surface area contributed by atoms with Gasteiger partial charge in [0.25, 0.3) is 0 Å². The normalized spacial score (nSPS) is 25.4. The number of methoxy groups -OCH3 is 1. The Balaban J connectivity index is 1.48. The summed E-state index contributed by atoms with van der Waals surface area (Å²) in [6, 6.07) is 3.56. The standard InChI is InChI=1S/C24H23FN6O2S/c1-4-7-33-19-12-28-20-16(30-19)5-6-27-17(20)9-14-8-15(21(25)29-11-14)23(2)18-10-24(18,13-32-3)34-22(26)31-23/h1,5-6,8,11-12,18H,7,9-10,13H2,2-3H3,(H2,26,31)/t18-,23+,24+/m0/s1. The number of hydrogen-bond acceptors (Lipinski definition) is 9. The molecule has 1 saturated carbocycles. The second-order valence-corrected chi connectivity index (χ2v) is 10.1. The molecule has 3 aromatic heterocycles. The third-order valence-corrected chi connectivity index (χ3v) is 7.65. The zero-order chi connectivity index (χ0) is 23.9. The van der Waals surface area contributed by atoms with Gasteiger partial charge in [0.2, 0.25) is 11.8 Å². The van der Waals surface area contributed by atoms with E-state index in [-0.39, 0.29) is 17.3 Å². The van der Waals surface area contributed by atoms with Gasteiger partial charge < -0.3 is 15.2 Å². The monoisotopic (exact) mass is 478 g/mol. The lowest BCUT2D eigenvalue weighted by Gasteiger charge is -2.34. The second-order valence-electron chi connectivity index (χ2n) is 8.64. The molecule has 0 amide bonds. The van der Waals surface area contributed by atoms with Gasteiger partial charge in [0.1, 0.15) is 5.52 Å². The molecular weight excluding hydrogens is 455 g/mol. The second kappa shape index (κ2) is 8.49. The molecule has 2 N–H and O–H groups in total. The van der Waals surface area contributed by atoms with E-state index in [0.717, 1.165) is 12.0 Å². The van der Waals surface area contributed by atoms with Gasteiger partial charge in [-0.2, -0.15) is 4.39 Å².